The van der Waals surface area contributed by atoms with Crippen LogP contribution in [0.1, 0.15) is 31.7 Å². The van der Waals surface area contributed by atoms with Gasteiger partial charge in [-0.05, 0) is 24.8 Å². The highest BCUT2D eigenvalue weighted by atomic mass is 19.4. The van der Waals surface area contributed by atoms with Crippen molar-refractivity contribution in [3.05, 3.63) is 28.2 Å². The van der Waals surface area contributed by atoms with E-state index in [0.717, 1.165) is 12.8 Å². The van der Waals surface area contributed by atoms with Crippen LogP contribution in [-0.2, 0) is 6.18 Å². The van der Waals surface area contributed by atoms with Gasteiger partial charge in [0.05, 0.1) is 5.56 Å². The smallest absolute Gasteiger partial charge is 0.396 e. The van der Waals surface area contributed by atoms with Crippen molar-refractivity contribution >= 4 is 11.7 Å². The van der Waals surface area contributed by atoms with Crippen molar-refractivity contribution in [1.82, 2.24) is 10.3 Å². The second-order valence-corrected chi connectivity index (χ2v) is 5.13. The molecule has 23 heavy (non-hydrogen) atoms. The zero-order valence-corrected chi connectivity index (χ0v) is 12.7. The molecule has 0 spiro atoms. The summed E-state index contributed by atoms with van der Waals surface area (Å²) in [4.78, 5) is 25.1. The summed E-state index contributed by atoms with van der Waals surface area (Å²) in [5.41, 5.74) is -2.36. The third-order valence-corrected chi connectivity index (χ3v) is 3.26. The molecule has 0 aliphatic heterocycles. The summed E-state index contributed by atoms with van der Waals surface area (Å²) in [6, 6.07) is -0.191. The number of carbonyl (C=O) groups is 1. The number of pyridine rings is 1. The van der Waals surface area contributed by atoms with Gasteiger partial charge in [-0.25, -0.2) is 4.79 Å². The minimum Gasteiger partial charge on any atom is -0.396 e. The van der Waals surface area contributed by atoms with Crippen LogP contribution in [0.3, 0.4) is 0 Å². The normalized spacial score (nSPS) is 12.7. The lowest BCUT2D eigenvalue weighted by Crippen LogP contribution is -2.35. The fourth-order valence-electron chi connectivity index (χ4n) is 2.08. The molecule has 0 saturated carbocycles. The van der Waals surface area contributed by atoms with Gasteiger partial charge in [-0.2, -0.15) is 13.2 Å². The Morgan fingerprint density at radius 3 is 2.65 bits per heavy atom. The molecule has 4 N–H and O–H groups in total. The first-order valence-corrected chi connectivity index (χ1v) is 7.23. The minimum atomic E-state index is -4.62. The second kappa shape index (κ2) is 8.56. The highest BCUT2D eigenvalue weighted by molar-refractivity contribution is 5.89. The maximum atomic E-state index is 12.6. The maximum Gasteiger partial charge on any atom is 0.417 e. The van der Waals surface area contributed by atoms with E-state index in [9.17, 15) is 22.8 Å². The van der Waals surface area contributed by atoms with Crippen LogP contribution >= 0.6 is 0 Å². The number of aromatic amines is 1. The van der Waals surface area contributed by atoms with E-state index in [-0.39, 0.29) is 19.1 Å². The van der Waals surface area contributed by atoms with Gasteiger partial charge in [0.15, 0.2) is 0 Å². The number of aliphatic hydroxyl groups is 1. The van der Waals surface area contributed by atoms with E-state index in [0.29, 0.717) is 18.7 Å². The zero-order chi connectivity index (χ0) is 17.5. The number of rotatable bonds is 7. The molecule has 1 unspecified atom stereocenters. The molecule has 130 valence electrons. The summed E-state index contributed by atoms with van der Waals surface area (Å²) in [5, 5.41) is 13.5. The Bertz CT molecular complexity index is 566. The number of nitrogens with one attached hydrogen (secondary N) is 3. The number of halogens is 3. The monoisotopic (exact) mass is 335 g/mol. The van der Waals surface area contributed by atoms with Crippen LogP contribution in [0.5, 0.6) is 0 Å². The van der Waals surface area contributed by atoms with Crippen LogP contribution in [0.15, 0.2) is 17.1 Å². The molecular formula is C14H20F3N3O3. The molecule has 0 bridgehead atoms. The molecule has 1 aromatic rings. The average molecular weight is 335 g/mol. The first-order chi connectivity index (χ1) is 10.8. The predicted molar refractivity (Wildman–Crippen MR) is 79.2 cm³/mol. The molecule has 1 aromatic heterocycles. The summed E-state index contributed by atoms with van der Waals surface area (Å²) in [6.45, 7) is 2.21. The van der Waals surface area contributed by atoms with Crippen molar-refractivity contribution in [3.63, 3.8) is 0 Å². The molecule has 1 rings (SSSR count). The van der Waals surface area contributed by atoms with Crippen molar-refractivity contribution in [2.75, 3.05) is 18.5 Å². The Balaban J connectivity index is 2.68. The van der Waals surface area contributed by atoms with Gasteiger partial charge >= 0.3 is 12.2 Å². The number of aliphatic hydroxyl groups excluding tert-OH is 1. The molecule has 0 saturated heterocycles. The van der Waals surface area contributed by atoms with Crippen molar-refractivity contribution < 1.29 is 23.1 Å². The Kier molecular flexibility index (Phi) is 7.08. The van der Waals surface area contributed by atoms with Gasteiger partial charge in [0.25, 0.3) is 5.56 Å². The first kappa shape index (κ1) is 19.0. The van der Waals surface area contributed by atoms with Crippen LogP contribution < -0.4 is 16.2 Å². The Labute approximate surface area is 131 Å². The lowest BCUT2D eigenvalue weighted by Gasteiger charge is -2.16. The third kappa shape index (κ3) is 6.31. The van der Waals surface area contributed by atoms with Gasteiger partial charge in [-0.1, -0.05) is 13.3 Å². The van der Waals surface area contributed by atoms with E-state index in [1.54, 1.807) is 0 Å². The number of aromatic nitrogens is 1. The molecule has 0 aliphatic carbocycles. The molecular weight excluding hydrogens is 315 g/mol. The zero-order valence-electron chi connectivity index (χ0n) is 12.7. The van der Waals surface area contributed by atoms with Crippen LogP contribution in [0.2, 0.25) is 0 Å². The maximum absolute atomic E-state index is 12.6. The van der Waals surface area contributed by atoms with Crippen molar-refractivity contribution in [1.29, 1.82) is 0 Å². The second-order valence-electron chi connectivity index (χ2n) is 5.13. The Morgan fingerprint density at radius 2 is 2.09 bits per heavy atom. The van der Waals surface area contributed by atoms with Gasteiger partial charge in [-0.15, -0.1) is 0 Å². The predicted octanol–water partition coefficient (Wildman–Crippen LogP) is 2.31. The number of hydrogen-bond donors (Lipinski definition) is 4. The van der Waals surface area contributed by atoms with Crippen LogP contribution in [-0.4, -0.2) is 29.3 Å². The Hall–Kier alpha value is -2.03. The highest BCUT2D eigenvalue weighted by Gasteiger charge is 2.31. The van der Waals surface area contributed by atoms with Gasteiger partial charge in [0.2, 0.25) is 0 Å². The quantitative estimate of drug-likeness (QED) is 0.616. The number of anilines is 1. The Morgan fingerprint density at radius 1 is 1.39 bits per heavy atom. The number of H-pyrrole nitrogens is 1. The standard InChI is InChI=1S/C14H20F3N3O3/c1-2-3-9(4-5-21)7-19-13(23)20-11-6-10(14(15,16)17)8-18-12(11)22/h6,8-9,21H,2-5,7H2,1H3,(H,18,22)(H2,19,20,23). The summed E-state index contributed by atoms with van der Waals surface area (Å²) in [7, 11) is 0. The molecule has 6 nitrogen and oxygen atoms in total. The van der Waals surface area contributed by atoms with E-state index >= 15 is 0 Å². The van der Waals surface area contributed by atoms with Crippen LogP contribution in [0.25, 0.3) is 0 Å². The van der Waals surface area contributed by atoms with E-state index < -0.39 is 29.0 Å². The number of amides is 2. The molecule has 0 fully saturated rings. The average Bonchev–Trinajstić information content (AvgIpc) is 2.46. The summed E-state index contributed by atoms with van der Waals surface area (Å²) < 4.78 is 37.8. The van der Waals surface area contributed by atoms with E-state index in [1.165, 1.54) is 0 Å². The minimum absolute atomic E-state index is 0.0126. The third-order valence-electron chi connectivity index (χ3n) is 3.26. The van der Waals surface area contributed by atoms with E-state index in [1.807, 2.05) is 11.9 Å². The molecule has 2 amide bonds. The fourth-order valence-corrected chi connectivity index (χ4v) is 2.08. The molecule has 1 heterocycles. The largest absolute Gasteiger partial charge is 0.417 e. The van der Waals surface area contributed by atoms with E-state index in [2.05, 4.69) is 10.6 Å². The number of carbonyl (C=O) groups excluding carboxylic acids is 1. The fraction of sp³-hybridized carbons (Fsp3) is 0.571. The highest BCUT2D eigenvalue weighted by Crippen LogP contribution is 2.29. The number of hydrogen-bond acceptors (Lipinski definition) is 3. The molecule has 0 aromatic carbocycles. The molecule has 9 heteroatoms. The molecule has 0 radical (unpaired) electrons. The number of urea groups is 1. The summed E-state index contributed by atoms with van der Waals surface area (Å²) >= 11 is 0. The van der Waals surface area contributed by atoms with Crippen molar-refractivity contribution in [2.45, 2.75) is 32.4 Å². The topological polar surface area (TPSA) is 94.2 Å². The van der Waals surface area contributed by atoms with Crippen LogP contribution in [0.4, 0.5) is 23.7 Å². The van der Waals surface area contributed by atoms with Gasteiger partial charge in [-0.3, -0.25) is 4.79 Å². The van der Waals surface area contributed by atoms with Gasteiger partial charge in [0.1, 0.15) is 5.69 Å². The van der Waals surface area contributed by atoms with E-state index in [4.69, 9.17) is 5.11 Å². The SMILES string of the molecule is CCCC(CCO)CNC(=O)Nc1cc(C(F)(F)F)c[nH]c1=O. The van der Waals surface area contributed by atoms with Crippen molar-refractivity contribution in [2.24, 2.45) is 5.92 Å². The molecule has 0 aliphatic rings. The van der Waals surface area contributed by atoms with Gasteiger partial charge in [0, 0.05) is 19.3 Å². The molecule has 1 atom stereocenters. The first-order valence-electron chi connectivity index (χ1n) is 7.23. The van der Waals surface area contributed by atoms with Crippen LogP contribution in [0, 0.1) is 5.92 Å². The summed E-state index contributed by atoms with van der Waals surface area (Å²) in [5.74, 6) is 0.0653. The lowest BCUT2D eigenvalue weighted by molar-refractivity contribution is -0.137. The lowest BCUT2D eigenvalue weighted by atomic mass is 10.0. The number of alkyl halides is 3. The summed E-state index contributed by atoms with van der Waals surface area (Å²) in [6.07, 6.45) is -1.89. The van der Waals surface area contributed by atoms with Crippen molar-refractivity contribution in [3.8, 4) is 0 Å². The van der Waals surface area contributed by atoms with Gasteiger partial charge < -0.3 is 20.7 Å².